The maximum atomic E-state index is 12.1. The van der Waals surface area contributed by atoms with Crippen LogP contribution >= 0.6 is 15.9 Å². The molecule has 0 amide bonds. The van der Waals surface area contributed by atoms with Gasteiger partial charge in [-0.2, -0.15) is 5.10 Å². The van der Waals surface area contributed by atoms with E-state index in [0.29, 0.717) is 15.5 Å². The summed E-state index contributed by atoms with van der Waals surface area (Å²) in [6.45, 7) is 1.06. The van der Waals surface area contributed by atoms with E-state index < -0.39 is 16.4 Å². The molecule has 0 saturated carbocycles. The number of aromatic nitrogens is 2. The average molecular weight is 556 g/mol. The zero-order chi connectivity index (χ0) is 26.0. The quantitative estimate of drug-likeness (QED) is 0.0975. The number of rotatable bonds is 7. The normalized spacial score (nSPS) is 11.4. The molecule has 0 atom stereocenters. The molecule has 0 spiro atoms. The Hall–Kier alpha value is -4.30. The minimum Gasteiger partial charge on any atom is -0.461 e. The number of hydrogen-bond acceptors (Lipinski definition) is 5. The van der Waals surface area contributed by atoms with Crippen LogP contribution in [0, 0.1) is 10.1 Å². The predicted octanol–water partition coefficient (Wildman–Crippen LogP) is 6.61. The Morgan fingerprint density at radius 1 is 0.919 bits per heavy atom. The first-order valence-electron chi connectivity index (χ1n) is 11.6. The molecular weight excluding hydrogens is 534 g/mol. The van der Waals surface area contributed by atoms with Crippen LogP contribution in [0.15, 0.2) is 108 Å². The van der Waals surface area contributed by atoms with Crippen molar-refractivity contribution in [2.75, 3.05) is 0 Å². The third-order valence-electron chi connectivity index (χ3n) is 6.36. The average Bonchev–Trinajstić information content (AvgIpc) is 3.24. The predicted molar refractivity (Wildman–Crippen MR) is 144 cm³/mol. The highest BCUT2D eigenvalue weighted by molar-refractivity contribution is 9.10. The number of halogens is 1. The lowest BCUT2D eigenvalue weighted by Crippen LogP contribution is -2.38. The monoisotopic (exact) mass is 555 g/mol. The van der Waals surface area contributed by atoms with E-state index in [0.717, 1.165) is 16.7 Å². The van der Waals surface area contributed by atoms with Gasteiger partial charge < -0.3 is 4.74 Å². The number of hydrogen-bond donors (Lipinski definition) is 0. The molecule has 0 radical (unpaired) electrons. The topological polar surface area (TPSA) is 87.3 Å². The molecule has 0 aliphatic carbocycles. The molecule has 0 bridgehead atoms. The van der Waals surface area contributed by atoms with E-state index in [9.17, 15) is 14.9 Å². The van der Waals surface area contributed by atoms with Crippen molar-refractivity contribution in [3.63, 3.8) is 0 Å². The van der Waals surface area contributed by atoms with Gasteiger partial charge in [-0.05, 0) is 38.7 Å². The minimum absolute atomic E-state index is 0.148. The molecule has 0 saturated heterocycles. The fraction of sp³-hybridized carbons (Fsp3) is 0.103. The van der Waals surface area contributed by atoms with Gasteiger partial charge in [-0.15, -0.1) is 0 Å². The van der Waals surface area contributed by atoms with Gasteiger partial charge in [-0.1, -0.05) is 91.0 Å². The lowest BCUT2D eigenvalue weighted by Gasteiger charge is -2.37. The Kier molecular flexibility index (Phi) is 6.58. The second-order valence-corrected chi connectivity index (χ2v) is 9.30. The molecule has 184 valence electrons. The van der Waals surface area contributed by atoms with Gasteiger partial charge in [-0.3, -0.25) is 14.9 Å². The van der Waals surface area contributed by atoms with Crippen molar-refractivity contribution in [3.05, 3.63) is 140 Å². The summed E-state index contributed by atoms with van der Waals surface area (Å²) in [4.78, 5) is 23.1. The molecule has 5 aromatic rings. The summed E-state index contributed by atoms with van der Waals surface area (Å²) in [5.41, 5.74) is 2.58. The van der Waals surface area contributed by atoms with Crippen molar-refractivity contribution in [2.24, 2.45) is 0 Å². The van der Waals surface area contributed by atoms with Crippen molar-refractivity contribution in [3.8, 4) is 0 Å². The first-order valence-corrected chi connectivity index (χ1v) is 12.4. The number of nitro groups is 1. The van der Waals surface area contributed by atoms with Gasteiger partial charge in [0.25, 0.3) is 5.69 Å². The lowest BCUT2D eigenvalue weighted by atomic mass is 9.77. The van der Waals surface area contributed by atoms with Crippen LogP contribution in [-0.4, -0.2) is 20.7 Å². The lowest BCUT2D eigenvalue weighted by molar-refractivity contribution is -0.385. The van der Waals surface area contributed by atoms with Gasteiger partial charge >= 0.3 is 5.97 Å². The van der Waals surface area contributed by atoms with Crippen LogP contribution in [0.3, 0.4) is 0 Å². The molecule has 1 heterocycles. The zero-order valence-electron chi connectivity index (χ0n) is 19.9. The molecule has 5 rings (SSSR count). The summed E-state index contributed by atoms with van der Waals surface area (Å²) >= 11 is 3.59. The van der Waals surface area contributed by atoms with Crippen LogP contribution in [0.5, 0.6) is 0 Å². The Bertz CT molecular complexity index is 1490. The van der Waals surface area contributed by atoms with E-state index in [1.807, 2.05) is 95.7 Å². The number of nitrogens with zero attached hydrogens (tertiary/aromatic N) is 3. The first-order chi connectivity index (χ1) is 17.9. The minimum atomic E-state index is -0.945. The molecule has 0 aliphatic heterocycles. The number of fused-ring (bicyclic) bond motifs is 1. The second-order valence-electron chi connectivity index (χ2n) is 8.55. The molecule has 0 aliphatic rings. The largest absolute Gasteiger partial charge is 0.461 e. The highest BCUT2D eigenvalue weighted by Gasteiger charge is 2.41. The molecule has 7 nitrogen and oxygen atoms in total. The summed E-state index contributed by atoms with van der Waals surface area (Å²) in [6, 6.07) is 33.0. The van der Waals surface area contributed by atoms with Gasteiger partial charge in [0.2, 0.25) is 0 Å². The molecular formula is C29H22BrN3O4. The number of nitro benzene ring substituents is 1. The molecule has 0 N–H and O–H groups in total. The van der Waals surface area contributed by atoms with Crippen molar-refractivity contribution >= 4 is 38.5 Å². The molecule has 1 aromatic heterocycles. The van der Waals surface area contributed by atoms with Gasteiger partial charge in [0, 0.05) is 18.4 Å². The van der Waals surface area contributed by atoms with Crippen molar-refractivity contribution in [1.29, 1.82) is 0 Å². The third-order valence-corrected chi connectivity index (χ3v) is 6.94. The zero-order valence-corrected chi connectivity index (χ0v) is 21.5. The SMILES string of the molecule is CC(=O)OCc1cc2c(Br)nn(C(c3ccccc3)(c3ccccc3)c3ccccc3)c2cc1[N+](=O)[O-]. The van der Waals surface area contributed by atoms with Crippen LogP contribution in [-0.2, 0) is 21.7 Å². The van der Waals surface area contributed by atoms with E-state index in [1.54, 1.807) is 6.07 Å². The molecule has 0 fully saturated rings. The fourth-order valence-corrected chi connectivity index (χ4v) is 5.26. The summed E-state index contributed by atoms with van der Waals surface area (Å²) in [5, 5.41) is 17.7. The van der Waals surface area contributed by atoms with E-state index >= 15 is 0 Å². The van der Waals surface area contributed by atoms with E-state index in [4.69, 9.17) is 9.84 Å². The van der Waals surface area contributed by atoms with E-state index in [1.165, 1.54) is 13.0 Å². The Labute approximate surface area is 221 Å². The summed E-state index contributed by atoms with van der Waals surface area (Å²) in [6.07, 6.45) is 0. The fourth-order valence-electron chi connectivity index (χ4n) is 4.78. The third kappa shape index (κ3) is 4.29. The van der Waals surface area contributed by atoms with Crippen molar-refractivity contribution in [1.82, 2.24) is 9.78 Å². The first kappa shape index (κ1) is 24.4. The summed E-state index contributed by atoms with van der Waals surface area (Å²) < 4.78 is 7.47. The smallest absolute Gasteiger partial charge is 0.302 e. The maximum Gasteiger partial charge on any atom is 0.302 e. The number of carbonyl (C=O) groups excluding carboxylic acids is 1. The van der Waals surface area contributed by atoms with Gasteiger partial charge in [0.15, 0.2) is 0 Å². The Balaban J connectivity index is 1.91. The van der Waals surface area contributed by atoms with Crippen LogP contribution in [0.2, 0.25) is 0 Å². The second kappa shape index (κ2) is 9.99. The highest BCUT2D eigenvalue weighted by atomic mass is 79.9. The molecule has 37 heavy (non-hydrogen) atoms. The Morgan fingerprint density at radius 3 is 1.84 bits per heavy atom. The van der Waals surface area contributed by atoms with Gasteiger partial charge in [0.05, 0.1) is 16.0 Å². The van der Waals surface area contributed by atoms with Gasteiger partial charge in [-0.25, -0.2) is 4.68 Å². The number of esters is 1. The molecule has 8 heteroatoms. The molecule has 4 aromatic carbocycles. The van der Waals surface area contributed by atoms with Crippen LogP contribution in [0.25, 0.3) is 10.9 Å². The number of carbonyl (C=O) groups is 1. The van der Waals surface area contributed by atoms with Crippen LogP contribution in [0.4, 0.5) is 5.69 Å². The van der Waals surface area contributed by atoms with Crippen molar-refractivity contribution in [2.45, 2.75) is 19.1 Å². The van der Waals surface area contributed by atoms with Gasteiger partial charge in [0.1, 0.15) is 16.7 Å². The number of benzene rings is 4. The standard InChI is InChI=1S/C29H22BrN3O4/c1-20(34)37-19-21-17-25-27(18-26(21)33(35)36)32(31-28(25)30)29(22-11-5-2-6-12-22,23-13-7-3-8-14-23)24-15-9-4-10-16-24/h2-18H,19H2,1H3. The van der Waals surface area contributed by atoms with E-state index in [2.05, 4.69) is 15.9 Å². The summed E-state index contributed by atoms with van der Waals surface area (Å²) in [7, 11) is 0. The summed E-state index contributed by atoms with van der Waals surface area (Å²) in [5.74, 6) is -0.514. The number of ether oxygens (including phenoxy) is 1. The van der Waals surface area contributed by atoms with Crippen LogP contribution < -0.4 is 0 Å². The molecule has 0 unspecified atom stereocenters. The maximum absolute atomic E-state index is 12.1. The Morgan fingerprint density at radius 2 is 1.41 bits per heavy atom. The van der Waals surface area contributed by atoms with Crippen LogP contribution in [0.1, 0.15) is 29.2 Å². The highest BCUT2D eigenvalue weighted by Crippen LogP contribution is 2.44. The van der Waals surface area contributed by atoms with Crippen molar-refractivity contribution < 1.29 is 14.5 Å². The van der Waals surface area contributed by atoms with E-state index in [-0.39, 0.29) is 17.9 Å².